The summed E-state index contributed by atoms with van der Waals surface area (Å²) < 4.78 is 0. The van der Waals surface area contributed by atoms with Crippen molar-refractivity contribution < 1.29 is 9.72 Å². The lowest BCUT2D eigenvalue weighted by Gasteiger charge is -2.32. The van der Waals surface area contributed by atoms with E-state index in [0.29, 0.717) is 29.3 Å². The Hall–Kier alpha value is -2.38. The number of carbonyl (C=O) groups is 1. The molecule has 1 amide bonds. The van der Waals surface area contributed by atoms with E-state index in [1.165, 1.54) is 23.4 Å². The van der Waals surface area contributed by atoms with Crippen molar-refractivity contribution in [1.29, 1.82) is 0 Å². The topological polar surface area (TPSA) is 66.7 Å². The number of hydrogen-bond acceptors (Lipinski definition) is 5. The molecular weight excluding hydrogens is 362 g/mol. The van der Waals surface area contributed by atoms with Crippen molar-refractivity contribution in [3.05, 3.63) is 69.3 Å². The number of nitrogens with zero attached hydrogens (tertiary/aromatic N) is 3. The summed E-state index contributed by atoms with van der Waals surface area (Å²) in [5.74, 6) is 0.508. The third-order valence-corrected chi connectivity index (χ3v) is 5.84. The first-order valence-corrected chi connectivity index (χ1v) is 9.87. The van der Waals surface area contributed by atoms with Gasteiger partial charge in [-0.05, 0) is 31.7 Å². The Kier molecular flexibility index (Phi) is 6.13. The van der Waals surface area contributed by atoms with Crippen LogP contribution in [0.2, 0.25) is 0 Å². The zero-order valence-corrected chi connectivity index (χ0v) is 16.4. The normalized spacial score (nSPS) is 15.0. The van der Waals surface area contributed by atoms with Gasteiger partial charge in [0.25, 0.3) is 11.6 Å². The van der Waals surface area contributed by atoms with Crippen molar-refractivity contribution in [2.75, 3.05) is 33.2 Å². The number of nitro benzene ring substituents is 1. The monoisotopic (exact) mass is 385 g/mol. The quantitative estimate of drug-likeness (QED) is 0.447. The van der Waals surface area contributed by atoms with Gasteiger partial charge in [0, 0.05) is 43.6 Å². The number of thioether (sulfide) groups is 1. The van der Waals surface area contributed by atoms with Crippen LogP contribution in [0.1, 0.15) is 21.5 Å². The maximum atomic E-state index is 12.7. The predicted molar refractivity (Wildman–Crippen MR) is 107 cm³/mol. The van der Waals surface area contributed by atoms with Crippen LogP contribution in [0.3, 0.4) is 0 Å². The third-order valence-electron chi connectivity index (χ3n) is 4.71. The Morgan fingerprint density at radius 2 is 1.78 bits per heavy atom. The molecule has 0 spiro atoms. The molecule has 1 saturated heterocycles. The summed E-state index contributed by atoms with van der Waals surface area (Å²) in [4.78, 5) is 28.3. The molecule has 1 fully saturated rings. The van der Waals surface area contributed by atoms with E-state index in [0.717, 1.165) is 18.7 Å². The van der Waals surface area contributed by atoms with Gasteiger partial charge in [-0.25, -0.2) is 0 Å². The number of amides is 1. The lowest BCUT2D eigenvalue weighted by atomic mass is 10.1. The summed E-state index contributed by atoms with van der Waals surface area (Å²) in [5.41, 5.74) is 2.66. The van der Waals surface area contributed by atoms with Crippen LogP contribution < -0.4 is 0 Å². The average molecular weight is 385 g/mol. The predicted octanol–water partition coefficient (Wildman–Crippen LogP) is 3.58. The van der Waals surface area contributed by atoms with Crippen LogP contribution in [0.5, 0.6) is 0 Å². The third kappa shape index (κ3) is 4.87. The van der Waals surface area contributed by atoms with Crippen molar-refractivity contribution in [3.63, 3.8) is 0 Å². The molecule has 0 atom stereocenters. The lowest BCUT2D eigenvalue weighted by molar-refractivity contribution is -0.387. The van der Waals surface area contributed by atoms with Gasteiger partial charge in [-0.15, -0.1) is 11.8 Å². The molecule has 142 valence electrons. The van der Waals surface area contributed by atoms with E-state index in [-0.39, 0.29) is 11.6 Å². The first kappa shape index (κ1) is 19.4. The van der Waals surface area contributed by atoms with Crippen molar-refractivity contribution in [1.82, 2.24) is 9.80 Å². The van der Waals surface area contributed by atoms with E-state index >= 15 is 0 Å². The first-order valence-electron chi connectivity index (χ1n) is 8.88. The summed E-state index contributed by atoms with van der Waals surface area (Å²) in [6.45, 7) is 4.95. The number of rotatable bonds is 5. The van der Waals surface area contributed by atoms with Crippen molar-refractivity contribution in [3.8, 4) is 0 Å². The molecule has 2 aromatic rings. The fourth-order valence-electron chi connectivity index (χ4n) is 2.95. The molecule has 1 heterocycles. The highest BCUT2D eigenvalue weighted by Crippen LogP contribution is 2.32. The molecule has 0 N–H and O–H groups in total. The van der Waals surface area contributed by atoms with Gasteiger partial charge in [-0.1, -0.05) is 29.8 Å². The van der Waals surface area contributed by atoms with Crippen LogP contribution in [-0.4, -0.2) is 53.9 Å². The van der Waals surface area contributed by atoms with Crippen LogP contribution in [0.15, 0.2) is 47.4 Å². The second-order valence-electron chi connectivity index (χ2n) is 6.81. The van der Waals surface area contributed by atoms with Gasteiger partial charge in [0.05, 0.1) is 9.82 Å². The number of nitro groups is 1. The van der Waals surface area contributed by atoms with Crippen LogP contribution in [0, 0.1) is 17.0 Å². The van der Waals surface area contributed by atoms with E-state index < -0.39 is 4.92 Å². The fraction of sp³-hybridized carbons (Fsp3) is 0.350. The molecule has 3 rings (SSSR count). The summed E-state index contributed by atoms with van der Waals surface area (Å²) in [6.07, 6.45) is 0. The van der Waals surface area contributed by atoms with Crippen LogP contribution in [0.25, 0.3) is 0 Å². The number of likely N-dealkylation sites (N-methyl/N-ethyl adjacent to an activating group) is 1. The molecule has 0 aromatic heterocycles. The second-order valence-corrected chi connectivity index (χ2v) is 7.83. The standard InChI is InChI=1S/C20H23N3O3S/c1-15-3-5-16(6-4-15)14-27-19-8-7-17(13-18(19)23(25)26)20(24)22-11-9-21(2)10-12-22/h3-8,13H,9-12,14H2,1-2H3. The number of benzene rings is 2. The Bertz CT molecular complexity index is 831. The van der Waals surface area contributed by atoms with E-state index in [9.17, 15) is 14.9 Å². The minimum Gasteiger partial charge on any atom is -0.336 e. The van der Waals surface area contributed by atoms with Gasteiger partial charge in [-0.2, -0.15) is 0 Å². The summed E-state index contributed by atoms with van der Waals surface area (Å²) in [6, 6.07) is 12.9. The Morgan fingerprint density at radius 3 is 2.41 bits per heavy atom. The highest BCUT2D eigenvalue weighted by Gasteiger charge is 2.23. The molecule has 1 aliphatic rings. The Labute approximate surface area is 163 Å². The molecule has 1 aliphatic heterocycles. The molecule has 0 saturated carbocycles. The first-order chi connectivity index (χ1) is 12.9. The molecule has 6 nitrogen and oxygen atoms in total. The molecular formula is C20H23N3O3S. The second kappa shape index (κ2) is 8.54. The summed E-state index contributed by atoms with van der Waals surface area (Å²) in [5, 5.41) is 11.5. The van der Waals surface area contributed by atoms with E-state index in [4.69, 9.17) is 0 Å². The Morgan fingerprint density at radius 1 is 1.11 bits per heavy atom. The van der Waals surface area contributed by atoms with Gasteiger partial charge < -0.3 is 9.80 Å². The number of carbonyl (C=O) groups excluding carboxylic acids is 1. The smallest absolute Gasteiger partial charge is 0.283 e. The maximum absolute atomic E-state index is 12.7. The molecule has 0 unspecified atom stereocenters. The number of piperazine rings is 1. The van der Waals surface area contributed by atoms with E-state index in [1.54, 1.807) is 17.0 Å². The Balaban J connectivity index is 1.75. The van der Waals surface area contributed by atoms with Gasteiger partial charge >= 0.3 is 0 Å². The molecule has 7 heteroatoms. The highest BCUT2D eigenvalue weighted by atomic mass is 32.2. The van der Waals surface area contributed by atoms with Crippen molar-refractivity contribution >= 4 is 23.4 Å². The summed E-state index contributed by atoms with van der Waals surface area (Å²) in [7, 11) is 2.02. The van der Waals surface area contributed by atoms with Gasteiger partial charge in [0.2, 0.25) is 0 Å². The van der Waals surface area contributed by atoms with Gasteiger partial charge in [0.1, 0.15) is 0 Å². The lowest BCUT2D eigenvalue weighted by Crippen LogP contribution is -2.47. The fourth-order valence-corrected chi connectivity index (χ4v) is 3.91. The van der Waals surface area contributed by atoms with Crippen molar-refractivity contribution in [2.24, 2.45) is 0 Å². The van der Waals surface area contributed by atoms with E-state index in [2.05, 4.69) is 4.90 Å². The minimum atomic E-state index is -0.405. The van der Waals surface area contributed by atoms with Crippen LogP contribution in [0.4, 0.5) is 5.69 Å². The SMILES string of the molecule is Cc1ccc(CSc2ccc(C(=O)N3CCN(C)CC3)cc2[N+](=O)[O-])cc1. The largest absolute Gasteiger partial charge is 0.336 e. The molecule has 0 radical (unpaired) electrons. The average Bonchev–Trinajstić information content (AvgIpc) is 2.67. The zero-order chi connectivity index (χ0) is 19.4. The maximum Gasteiger partial charge on any atom is 0.283 e. The molecule has 27 heavy (non-hydrogen) atoms. The number of aryl methyl sites for hydroxylation is 1. The molecule has 2 aromatic carbocycles. The number of hydrogen-bond donors (Lipinski definition) is 0. The zero-order valence-electron chi connectivity index (χ0n) is 15.6. The minimum absolute atomic E-state index is 0.00732. The van der Waals surface area contributed by atoms with Crippen molar-refractivity contribution in [2.45, 2.75) is 17.6 Å². The summed E-state index contributed by atoms with van der Waals surface area (Å²) >= 11 is 1.42. The van der Waals surface area contributed by atoms with Crippen LogP contribution in [-0.2, 0) is 5.75 Å². The van der Waals surface area contributed by atoms with Gasteiger partial charge in [-0.3, -0.25) is 14.9 Å². The molecule has 0 bridgehead atoms. The molecule has 0 aliphatic carbocycles. The highest BCUT2D eigenvalue weighted by molar-refractivity contribution is 7.98. The van der Waals surface area contributed by atoms with Gasteiger partial charge in [0.15, 0.2) is 0 Å². The van der Waals surface area contributed by atoms with Crippen LogP contribution >= 0.6 is 11.8 Å². The van der Waals surface area contributed by atoms with E-state index in [1.807, 2.05) is 38.2 Å².